The summed E-state index contributed by atoms with van der Waals surface area (Å²) >= 11 is 0. The molecule has 0 aliphatic carbocycles. The first-order valence-corrected chi connectivity index (χ1v) is 4.32. The monoisotopic (exact) mass is 230 g/mol. The lowest BCUT2D eigenvalue weighted by Crippen LogP contribution is -2.45. The summed E-state index contributed by atoms with van der Waals surface area (Å²) in [5, 5.41) is 21.0. The van der Waals surface area contributed by atoms with E-state index in [4.69, 9.17) is 20.5 Å². The van der Waals surface area contributed by atoms with E-state index in [1.807, 2.05) is 0 Å². The summed E-state index contributed by atoms with van der Waals surface area (Å²) in [7, 11) is 1.24. The molecule has 0 spiro atoms. The van der Waals surface area contributed by atoms with Crippen molar-refractivity contribution >= 4 is 12.1 Å². The van der Waals surface area contributed by atoms with E-state index in [1.54, 1.807) is 0 Å². The van der Waals surface area contributed by atoms with Crippen LogP contribution in [0.4, 0.5) is 4.79 Å². The van der Waals surface area contributed by atoms with Gasteiger partial charge in [0.05, 0.1) is 12.1 Å². The van der Waals surface area contributed by atoms with Crippen LogP contribution in [0.15, 0.2) is 5.11 Å². The van der Waals surface area contributed by atoms with Crippen molar-refractivity contribution in [3.8, 4) is 0 Å². The van der Waals surface area contributed by atoms with Gasteiger partial charge in [-0.1, -0.05) is 5.11 Å². The molecule has 88 valence electrons. The summed E-state index contributed by atoms with van der Waals surface area (Å²) in [5.41, 5.74) is 8.28. The zero-order valence-corrected chi connectivity index (χ0v) is 8.35. The van der Waals surface area contributed by atoms with E-state index in [-0.39, 0.29) is 6.54 Å². The van der Waals surface area contributed by atoms with Crippen molar-refractivity contribution in [3.63, 3.8) is 0 Å². The van der Waals surface area contributed by atoms with Crippen LogP contribution >= 0.6 is 0 Å². The predicted molar refractivity (Wildman–Crippen MR) is 49.9 cm³/mol. The third-order valence-electron chi connectivity index (χ3n) is 2.38. The molecule has 0 bridgehead atoms. The van der Waals surface area contributed by atoms with Crippen molar-refractivity contribution in [2.24, 2.45) is 5.11 Å². The second kappa shape index (κ2) is 4.69. The summed E-state index contributed by atoms with van der Waals surface area (Å²) in [6, 6.07) is -2.18. The summed E-state index contributed by atoms with van der Waals surface area (Å²) in [4.78, 5) is 24.9. The first kappa shape index (κ1) is 12.1. The molecule has 16 heavy (non-hydrogen) atoms. The minimum atomic E-state index is -1.38. The van der Waals surface area contributed by atoms with Crippen LogP contribution in [0.25, 0.3) is 10.4 Å². The molecule has 0 aromatic carbocycles. The van der Waals surface area contributed by atoms with Crippen molar-refractivity contribution in [2.45, 2.75) is 18.2 Å². The lowest BCUT2D eigenvalue weighted by atomic mass is 10.1. The number of methoxy groups -OCH3 is 1. The van der Waals surface area contributed by atoms with Crippen LogP contribution in [0, 0.1) is 0 Å². The molecule has 1 aliphatic heterocycles. The number of likely N-dealkylation sites (tertiary alicyclic amines) is 1. The minimum absolute atomic E-state index is 0.186. The van der Waals surface area contributed by atoms with Gasteiger partial charge in [0.1, 0.15) is 0 Å². The molecule has 0 aromatic rings. The molecule has 1 heterocycles. The van der Waals surface area contributed by atoms with Gasteiger partial charge < -0.3 is 14.9 Å². The number of carboxylic acids is 1. The number of carbonyl (C=O) groups is 2. The largest absolute Gasteiger partial charge is 0.480 e. The molecule has 3 atom stereocenters. The maximum atomic E-state index is 10.9. The molecule has 0 unspecified atom stereocenters. The van der Waals surface area contributed by atoms with E-state index in [0.717, 1.165) is 0 Å². The van der Waals surface area contributed by atoms with Gasteiger partial charge in [0.2, 0.25) is 0 Å². The van der Waals surface area contributed by atoms with Crippen LogP contribution in [0.1, 0.15) is 0 Å². The van der Waals surface area contributed by atoms with Crippen molar-refractivity contribution in [2.75, 3.05) is 13.7 Å². The Kier molecular flexibility index (Phi) is 3.54. The standard InChI is InChI=1S/C7H10N4O5/c1-16-5-3(9-10-8)2-11(7(14)15)4(5)6(12)13/h3-5H,2H2,1H3,(H,12,13)(H,14,15)/t3-,4+,5+/m1/s1. The highest BCUT2D eigenvalue weighted by molar-refractivity contribution is 5.81. The summed E-state index contributed by atoms with van der Waals surface area (Å²) in [6.07, 6.45) is -2.35. The fraction of sp³-hybridized carbons (Fsp3) is 0.714. The van der Waals surface area contributed by atoms with Gasteiger partial charge in [-0.3, -0.25) is 4.90 Å². The Balaban J connectivity index is 3.03. The van der Waals surface area contributed by atoms with Crippen LogP contribution in [0.5, 0.6) is 0 Å². The molecule has 9 nitrogen and oxygen atoms in total. The SMILES string of the molecule is CO[C@@H]1[C@@H](C(=O)O)N(C(=O)O)C[C@H]1N=[N+]=[N-]. The number of ether oxygens (including phenoxy) is 1. The third-order valence-corrected chi connectivity index (χ3v) is 2.38. The zero-order chi connectivity index (χ0) is 12.3. The van der Waals surface area contributed by atoms with E-state index in [1.165, 1.54) is 7.11 Å². The zero-order valence-electron chi connectivity index (χ0n) is 8.35. The maximum Gasteiger partial charge on any atom is 0.408 e. The highest BCUT2D eigenvalue weighted by Gasteiger charge is 2.48. The number of carboxylic acid groups (broad SMARTS) is 2. The Bertz CT molecular complexity index is 353. The van der Waals surface area contributed by atoms with Crippen LogP contribution in [-0.4, -0.2) is 59.0 Å². The highest BCUT2D eigenvalue weighted by Crippen LogP contribution is 2.24. The molecule has 1 amide bonds. The fourth-order valence-electron chi connectivity index (χ4n) is 1.73. The smallest absolute Gasteiger partial charge is 0.408 e. The highest BCUT2D eigenvalue weighted by atomic mass is 16.5. The Hall–Kier alpha value is -1.99. The van der Waals surface area contributed by atoms with Gasteiger partial charge in [0.15, 0.2) is 6.04 Å². The number of amides is 1. The molecule has 0 aromatic heterocycles. The Labute approximate surface area is 89.8 Å². The lowest BCUT2D eigenvalue weighted by Gasteiger charge is -2.20. The average Bonchev–Trinajstić information content (AvgIpc) is 2.57. The van der Waals surface area contributed by atoms with Crippen LogP contribution in [0.3, 0.4) is 0 Å². The average molecular weight is 230 g/mol. The van der Waals surface area contributed by atoms with Crippen molar-refractivity contribution in [1.82, 2.24) is 4.90 Å². The van der Waals surface area contributed by atoms with Crippen molar-refractivity contribution < 1.29 is 24.5 Å². The lowest BCUT2D eigenvalue weighted by molar-refractivity contribution is -0.145. The fourth-order valence-corrected chi connectivity index (χ4v) is 1.73. The Morgan fingerprint density at radius 2 is 2.19 bits per heavy atom. The first-order valence-electron chi connectivity index (χ1n) is 4.32. The molecular formula is C7H10N4O5. The molecule has 1 aliphatic rings. The molecule has 9 heteroatoms. The molecule has 1 fully saturated rings. The van der Waals surface area contributed by atoms with E-state index in [9.17, 15) is 9.59 Å². The van der Waals surface area contributed by atoms with Crippen LogP contribution in [0.2, 0.25) is 0 Å². The number of azide groups is 1. The summed E-state index contributed by atoms with van der Waals surface area (Å²) in [6.45, 7) is -0.186. The van der Waals surface area contributed by atoms with Gasteiger partial charge in [0.25, 0.3) is 0 Å². The Morgan fingerprint density at radius 1 is 1.56 bits per heavy atom. The quantitative estimate of drug-likeness (QED) is 0.403. The van der Waals surface area contributed by atoms with Gasteiger partial charge >= 0.3 is 12.1 Å². The normalized spacial score (nSPS) is 28.6. The summed E-state index contributed by atoms with van der Waals surface area (Å²) < 4.78 is 4.88. The van der Waals surface area contributed by atoms with E-state index in [2.05, 4.69) is 10.0 Å². The van der Waals surface area contributed by atoms with Crippen molar-refractivity contribution in [3.05, 3.63) is 10.4 Å². The van der Waals surface area contributed by atoms with E-state index < -0.39 is 30.3 Å². The minimum Gasteiger partial charge on any atom is -0.480 e. The maximum absolute atomic E-state index is 10.9. The molecule has 0 saturated carbocycles. The van der Waals surface area contributed by atoms with E-state index >= 15 is 0 Å². The number of hydrogen-bond acceptors (Lipinski definition) is 4. The second-order valence-corrected chi connectivity index (χ2v) is 3.19. The topological polar surface area (TPSA) is 136 Å². The molecule has 0 radical (unpaired) electrons. The Morgan fingerprint density at radius 3 is 2.56 bits per heavy atom. The number of rotatable bonds is 3. The van der Waals surface area contributed by atoms with Gasteiger partial charge in [-0.2, -0.15) is 0 Å². The van der Waals surface area contributed by atoms with Gasteiger partial charge in [-0.15, -0.1) is 0 Å². The number of aliphatic carboxylic acids is 1. The third kappa shape index (κ3) is 2.00. The molecule has 2 N–H and O–H groups in total. The van der Waals surface area contributed by atoms with Gasteiger partial charge in [0, 0.05) is 18.6 Å². The summed E-state index contributed by atoms with van der Waals surface area (Å²) in [5.74, 6) is -1.33. The predicted octanol–water partition coefficient (Wildman–Crippen LogP) is 0.127. The molecule has 1 saturated heterocycles. The number of nitrogens with zero attached hydrogens (tertiary/aromatic N) is 4. The van der Waals surface area contributed by atoms with E-state index in [0.29, 0.717) is 4.90 Å². The van der Waals surface area contributed by atoms with Crippen LogP contribution < -0.4 is 0 Å². The van der Waals surface area contributed by atoms with Gasteiger partial charge in [-0.05, 0) is 5.53 Å². The van der Waals surface area contributed by atoms with Crippen molar-refractivity contribution in [1.29, 1.82) is 0 Å². The number of hydrogen-bond donors (Lipinski definition) is 2. The molecular weight excluding hydrogens is 220 g/mol. The molecule has 1 rings (SSSR count). The second-order valence-electron chi connectivity index (χ2n) is 3.19. The van der Waals surface area contributed by atoms with Gasteiger partial charge in [-0.25, -0.2) is 9.59 Å². The van der Waals surface area contributed by atoms with Crippen LogP contribution in [-0.2, 0) is 9.53 Å². The first-order chi connectivity index (χ1) is 7.52.